The minimum atomic E-state index is -1.76. The van der Waals surface area contributed by atoms with Crippen LogP contribution in [-0.2, 0) is 13.0 Å². The molecule has 0 aliphatic heterocycles. The van der Waals surface area contributed by atoms with Crippen LogP contribution in [-0.4, -0.2) is 33.6 Å². The van der Waals surface area contributed by atoms with Gasteiger partial charge in [0, 0.05) is 43.3 Å². The second-order valence-electron chi connectivity index (χ2n) is 7.82. The summed E-state index contributed by atoms with van der Waals surface area (Å²) in [5.74, 6) is 0.515. The van der Waals surface area contributed by atoms with E-state index in [1.165, 1.54) is 18.0 Å². The van der Waals surface area contributed by atoms with E-state index in [0.717, 1.165) is 11.3 Å². The van der Waals surface area contributed by atoms with Crippen LogP contribution in [0.25, 0.3) is 0 Å². The zero-order valence-corrected chi connectivity index (χ0v) is 23.6. The molecule has 184 valence electrons. The van der Waals surface area contributed by atoms with Crippen LogP contribution in [0.4, 0.5) is 27.7 Å². The molecular weight excluding hydrogens is 677 g/mol. The van der Waals surface area contributed by atoms with Crippen molar-refractivity contribution in [2.24, 2.45) is 5.73 Å². The summed E-state index contributed by atoms with van der Waals surface area (Å²) in [6.45, 7) is 3.53. The van der Waals surface area contributed by atoms with Crippen LogP contribution >= 0.6 is 45.2 Å². The van der Waals surface area contributed by atoms with E-state index >= 15 is 0 Å². The van der Waals surface area contributed by atoms with E-state index in [9.17, 15) is 9.18 Å². The summed E-state index contributed by atoms with van der Waals surface area (Å²) in [6.07, 6.45) is 3.00. The predicted molar refractivity (Wildman–Crippen MR) is 154 cm³/mol. The second kappa shape index (κ2) is 11.5. The molecule has 0 bridgehead atoms. The molecule has 35 heavy (non-hydrogen) atoms. The molecule has 0 saturated heterocycles. The van der Waals surface area contributed by atoms with Gasteiger partial charge in [-0.3, -0.25) is 15.1 Å². The van der Waals surface area contributed by atoms with Crippen molar-refractivity contribution in [3.63, 3.8) is 0 Å². The number of anilines is 4. The van der Waals surface area contributed by atoms with Crippen LogP contribution in [0.5, 0.6) is 0 Å². The lowest BCUT2D eigenvalue weighted by Gasteiger charge is -2.21. The molecule has 0 fully saturated rings. The third-order valence-electron chi connectivity index (χ3n) is 5.02. The first-order chi connectivity index (χ1) is 16.5. The van der Waals surface area contributed by atoms with Gasteiger partial charge in [0.2, 0.25) is 7.63 Å². The molecule has 5 N–H and O–H groups in total. The largest absolute Gasteiger partial charge is 0.365 e. The van der Waals surface area contributed by atoms with Gasteiger partial charge in [-0.2, -0.15) is 4.98 Å². The number of hydrogen-bond donors (Lipinski definition) is 4. The molecule has 9 nitrogen and oxygen atoms in total. The molecule has 1 atom stereocenters. The summed E-state index contributed by atoms with van der Waals surface area (Å²) < 4.78 is 13.2. The Morgan fingerprint density at radius 3 is 2.69 bits per heavy atom. The van der Waals surface area contributed by atoms with Crippen LogP contribution in [0, 0.1) is 5.41 Å². The SMILES string of the molecule is CC(=N)C(=O)N(C)c1ncccc1CNc1nc(Nc2cccc(C(C)N)c2)ncc1C(F)(I)I. The molecule has 0 spiro atoms. The monoisotopic (exact) mass is 702 g/mol. The number of alkyl halides is 3. The van der Waals surface area contributed by atoms with Crippen molar-refractivity contribution in [3.8, 4) is 0 Å². The van der Waals surface area contributed by atoms with Gasteiger partial charge in [0.15, 0.2) is 0 Å². The fraction of sp³-hybridized carbons (Fsp3) is 0.261. The summed E-state index contributed by atoms with van der Waals surface area (Å²) in [4.78, 5) is 26.7. The zero-order chi connectivity index (χ0) is 25.8. The van der Waals surface area contributed by atoms with Crippen molar-refractivity contribution >= 4 is 80.1 Å². The van der Waals surface area contributed by atoms with E-state index in [1.807, 2.05) is 31.2 Å². The highest BCUT2D eigenvalue weighted by molar-refractivity contribution is 14.2. The van der Waals surface area contributed by atoms with Crippen molar-refractivity contribution < 1.29 is 9.18 Å². The summed E-state index contributed by atoms with van der Waals surface area (Å²) in [5.41, 5.74) is 8.53. The summed E-state index contributed by atoms with van der Waals surface area (Å²) >= 11 is 3.36. The van der Waals surface area contributed by atoms with Crippen molar-refractivity contribution in [1.82, 2.24) is 15.0 Å². The molecule has 1 amide bonds. The van der Waals surface area contributed by atoms with Crippen LogP contribution in [0.1, 0.15) is 36.6 Å². The molecule has 0 saturated carbocycles. The number of halogens is 3. The number of benzene rings is 1. The van der Waals surface area contributed by atoms with E-state index in [0.29, 0.717) is 17.2 Å². The number of carbonyl (C=O) groups is 1. The van der Waals surface area contributed by atoms with Gasteiger partial charge in [0.05, 0.1) is 11.3 Å². The Hall–Kier alpha value is -2.46. The summed E-state index contributed by atoms with van der Waals surface area (Å²) in [7, 11) is 1.56. The van der Waals surface area contributed by atoms with Gasteiger partial charge in [-0.1, -0.05) is 18.2 Å². The first kappa shape index (κ1) is 27.1. The molecule has 3 rings (SSSR count). The Labute approximate surface area is 230 Å². The van der Waals surface area contributed by atoms with Gasteiger partial charge in [-0.05, 0) is 82.8 Å². The van der Waals surface area contributed by atoms with E-state index in [-0.39, 0.29) is 29.8 Å². The maximum absolute atomic E-state index is 14.9. The van der Waals surface area contributed by atoms with E-state index < -0.39 is 7.59 Å². The number of rotatable bonds is 9. The van der Waals surface area contributed by atoms with Crippen LogP contribution in [0.2, 0.25) is 0 Å². The number of nitrogens with two attached hydrogens (primary N) is 1. The van der Waals surface area contributed by atoms with Gasteiger partial charge in [-0.25, -0.2) is 14.4 Å². The molecule has 2 heterocycles. The fourth-order valence-electron chi connectivity index (χ4n) is 3.21. The number of pyridine rings is 1. The number of hydrogen-bond acceptors (Lipinski definition) is 8. The van der Waals surface area contributed by atoms with Crippen LogP contribution in [0.3, 0.4) is 0 Å². The molecule has 0 aliphatic carbocycles. The smallest absolute Gasteiger partial charge is 0.272 e. The quantitative estimate of drug-likeness (QED) is 0.137. The average molecular weight is 702 g/mol. The second-order valence-corrected chi connectivity index (χ2v) is 12.9. The number of carbonyl (C=O) groups excluding carboxylic acids is 1. The van der Waals surface area contributed by atoms with Crippen molar-refractivity contribution in [2.75, 3.05) is 22.6 Å². The Morgan fingerprint density at radius 2 is 2.03 bits per heavy atom. The maximum atomic E-state index is 14.9. The van der Waals surface area contributed by atoms with Gasteiger partial charge in [0.1, 0.15) is 11.6 Å². The van der Waals surface area contributed by atoms with Crippen molar-refractivity contribution in [1.29, 1.82) is 5.41 Å². The minimum absolute atomic E-state index is 0.101. The first-order valence-corrected chi connectivity index (χ1v) is 12.7. The van der Waals surface area contributed by atoms with Crippen LogP contribution < -0.4 is 21.3 Å². The van der Waals surface area contributed by atoms with E-state index in [2.05, 4.69) is 25.6 Å². The minimum Gasteiger partial charge on any atom is -0.365 e. The molecule has 0 aliphatic rings. The lowest BCUT2D eigenvalue weighted by Crippen LogP contribution is -2.33. The summed E-state index contributed by atoms with van der Waals surface area (Å²) in [6, 6.07) is 11.0. The Morgan fingerprint density at radius 1 is 1.29 bits per heavy atom. The van der Waals surface area contributed by atoms with Gasteiger partial charge < -0.3 is 16.4 Å². The molecule has 1 unspecified atom stereocenters. The van der Waals surface area contributed by atoms with Gasteiger partial charge in [-0.15, -0.1) is 0 Å². The number of nitrogens with zero attached hydrogens (tertiary/aromatic N) is 4. The standard InChI is InChI=1S/C23H25FI2N8O/c1-13(27)15-6-4-8-17(10-15)32-22-31-12-18(23(24,25)26)19(33-22)30-11-16-7-5-9-29-20(16)34(3)21(35)14(2)28/h4-10,12-13,28H,11,27H2,1-3H3,(H2,30,31,32,33). The highest BCUT2D eigenvalue weighted by Gasteiger charge is 2.29. The third kappa shape index (κ3) is 7.04. The molecule has 0 radical (unpaired) electrons. The van der Waals surface area contributed by atoms with Crippen molar-refractivity contribution in [2.45, 2.75) is 28.1 Å². The number of nitrogens with one attached hydrogen (secondary N) is 3. The average Bonchev–Trinajstić information content (AvgIpc) is 2.81. The Kier molecular flexibility index (Phi) is 8.93. The number of amides is 1. The third-order valence-corrected chi connectivity index (χ3v) is 6.18. The highest BCUT2D eigenvalue weighted by Crippen LogP contribution is 2.43. The lowest BCUT2D eigenvalue weighted by molar-refractivity contribution is -0.112. The fourth-order valence-corrected chi connectivity index (χ4v) is 4.00. The maximum Gasteiger partial charge on any atom is 0.272 e. The highest BCUT2D eigenvalue weighted by atomic mass is 127. The molecule has 3 aromatic rings. The van der Waals surface area contributed by atoms with E-state index in [1.54, 1.807) is 70.6 Å². The molecular formula is C23H25FI2N8O. The Balaban J connectivity index is 1.90. The van der Waals surface area contributed by atoms with Gasteiger partial charge >= 0.3 is 0 Å². The van der Waals surface area contributed by atoms with Gasteiger partial charge in [0.25, 0.3) is 5.91 Å². The number of aromatic nitrogens is 3. The first-order valence-electron chi connectivity index (χ1n) is 10.5. The lowest BCUT2D eigenvalue weighted by atomic mass is 10.1. The van der Waals surface area contributed by atoms with Crippen molar-refractivity contribution in [3.05, 3.63) is 65.5 Å². The Bertz CT molecular complexity index is 1230. The zero-order valence-electron chi connectivity index (χ0n) is 19.3. The predicted octanol–water partition coefficient (Wildman–Crippen LogP) is 5.20. The topological polar surface area (TPSA) is 133 Å². The molecule has 2 aromatic heterocycles. The molecule has 12 heteroatoms. The summed E-state index contributed by atoms with van der Waals surface area (Å²) in [5, 5.41) is 13.9. The van der Waals surface area contributed by atoms with Crippen LogP contribution in [0.15, 0.2) is 48.8 Å². The normalized spacial score (nSPS) is 12.1. The molecule has 1 aromatic carbocycles. The van der Waals surface area contributed by atoms with E-state index in [4.69, 9.17) is 11.1 Å².